The molecule has 3 heterocycles. The van der Waals surface area contributed by atoms with E-state index in [4.69, 9.17) is 0 Å². The number of H-pyrrole nitrogens is 1. The van der Waals surface area contributed by atoms with Crippen LogP contribution in [0.5, 0.6) is 0 Å². The summed E-state index contributed by atoms with van der Waals surface area (Å²) in [6.45, 7) is 0.655. The van der Waals surface area contributed by atoms with Crippen LogP contribution in [-0.4, -0.2) is 26.8 Å². The maximum absolute atomic E-state index is 12.5. The number of pyridine rings is 1. The van der Waals surface area contributed by atoms with E-state index in [1.54, 1.807) is 11.8 Å². The van der Waals surface area contributed by atoms with Crippen molar-refractivity contribution in [3.63, 3.8) is 0 Å². The highest BCUT2D eigenvalue weighted by molar-refractivity contribution is 7.98. The molecule has 0 aliphatic rings. The number of aromatic amines is 1. The average molecular weight is 441 g/mol. The van der Waals surface area contributed by atoms with Crippen molar-refractivity contribution < 1.29 is 4.79 Å². The van der Waals surface area contributed by atoms with Crippen LogP contribution in [0.25, 0.3) is 16.6 Å². The minimum Gasteiger partial charge on any atom is -0.361 e. The van der Waals surface area contributed by atoms with Crippen LogP contribution in [0.4, 0.5) is 0 Å². The van der Waals surface area contributed by atoms with Gasteiger partial charge >= 0.3 is 0 Å². The summed E-state index contributed by atoms with van der Waals surface area (Å²) in [5.74, 6) is 0.766. The summed E-state index contributed by atoms with van der Waals surface area (Å²) in [6, 6.07) is 22.1. The number of benzene rings is 2. The number of aryl methyl sites for hydroxylation is 1. The Morgan fingerprint density at radius 2 is 1.88 bits per heavy atom. The van der Waals surface area contributed by atoms with Crippen LogP contribution >= 0.6 is 11.8 Å². The average Bonchev–Trinajstić information content (AvgIpc) is 3.44. The molecule has 0 radical (unpaired) electrons. The Balaban J connectivity index is 1.10. The molecule has 0 aliphatic carbocycles. The molecule has 2 aromatic carbocycles. The summed E-state index contributed by atoms with van der Waals surface area (Å²) < 4.78 is 2.03. The van der Waals surface area contributed by atoms with Crippen molar-refractivity contribution in [3.05, 3.63) is 102 Å². The number of thioether (sulfide) groups is 1. The number of fused-ring (bicyclic) bond motifs is 2. The third-order valence-corrected chi connectivity index (χ3v) is 6.55. The summed E-state index contributed by atoms with van der Waals surface area (Å²) in [7, 11) is 0. The van der Waals surface area contributed by atoms with E-state index in [1.165, 1.54) is 10.9 Å². The molecule has 5 nitrogen and oxygen atoms in total. The maximum atomic E-state index is 12.5. The first-order valence-electron chi connectivity index (χ1n) is 10.7. The molecule has 0 spiro atoms. The van der Waals surface area contributed by atoms with Gasteiger partial charge in [-0.2, -0.15) is 0 Å². The molecule has 0 saturated heterocycles. The number of aromatic nitrogens is 3. The second kappa shape index (κ2) is 9.32. The van der Waals surface area contributed by atoms with Crippen LogP contribution in [-0.2, 0) is 12.2 Å². The van der Waals surface area contributed by atoms with Crippen LogP contribution in [0, 0.1) is 0 Å². The molecule has 0 aliphatic heterocycles. The molecule has 3 aromatic heterocycles. The number of carbonyl (C=O) groups is 1. The number of imidazole rings is 1. The predicted octanol–water partition coefficient (Wildman–Crippen LogP) is 5.47. The van der Waals surface area contributed by atoms with Gasteiger partial charge in [-0.3, -0.25) is 4.79 Å². The summed E-state index contributed by atoms with van der Waals surface area (Å²) in [6.07, 6.45) is 7.96. The smallest absolute Gasteiger partial charge is 0.251 e. The first-order chi connectivity index (χ1) is 15.8. The van der Waals surface area contributed by atoms with E-state index in [1.807, 2.05) is 59.1 Å². The Hall–Kier alpha value is -3.51. The van der Waals surface area contributed by atoms with Gasteiger partial charge in [-0.25, -0.2) is 4.98 Å². The normalized spacial score (nSPS) is 11.2. The van der Waals surface area contributed by atoms with E-state index < -0.39 is 0 Å². The highest BCUT2D eigenvalue weighted by Gasteiger charge is 2.07. The van der Waals surface area contributed by atoms with Crippen molar-refractivity contribution in [2.75, 3.05) is 6.54 Å². The highest BCUT2D eigenvalue weighted by atomic mass is 32.2. The van der Waals surface area contributed by atoms with E-state index in [0.717, 1.165) is 40.3 Å². The zero-order valence-corrected chi connectivity index (χ0v) is 18.4. The van der Waals surface area contributed by atoms with Crippen molar-refractivity contribution >= 4 is 34.2 Å². The number of amides is 1. The molecule has 1 amide bonds. The fraction of sp³-hybridized carbons (Fsp3) is 0.154. The van der Waals surface area contributed by atoms with Gasteiger partial charge in [0.05, 0.1) is 5.69 Å². The van der Waals surface area contributed by atoms with E-state index >= 15 is 0 Å². The molecule has 0 bridgehead atoms. The van der Waals surface area contributed by atoms with Crippen LogP contribution in [0.2, 0.25) is 0 Å². The number of hydrogen-bond acceptors (Lipinski definition) is 3. The minimum atomic E-state index is -0.0270. The third-order valence-electron chi connectivity index (χ3n) is 5.50. The number of carbonyl (C=O) groups excluding carboxylic acids is 1. The molecule has 0 fully saturated rings. The number of nitrogens with zero attached hydrogens (tertiary/aromatic N) is 2. The largest absolute Gasteiger partial charge is 0.361 e. The van der Waals surface area contributed by atoms with Gasteiger partial charge in [-0.15, -0.1) is 11.8 Å². The molecule has 6 heteroatoms. The molecular weight excluding hydrogens is 416 g/mol. The molecule has 2 N–H and O–H groups in total. The summed E-state index contributed by atoms with van der Waals surface area (Å²) in [5, 5.41) is 4.29. The lowest BCUT2D eigenvalue weighted by Gasteiger charge is -2.06. The lowest BCUT2D eigenvalue weighted by atomic mass is 10.1. The molecule has 32 heavy (non-hydrogen) atoms. The van der Waals surface area contributed by atoms with Crippen LogP contribution in [0.15, 0.2) is 90.2 Å². The zero-order valence-electron chi connectivity index (χ0n) is 17.6. The van der Waals surface area contributed by atoms with Crippen molar-refractivity contribution in [2.24, 2.45) is 0 Å². The molecule has 5 rings (SSSR count). The maximum Gasteiger partial charge on any atom is 0.251 e. The Bertz CT molecular complexity index is 1320. The quantitative estimate of drug-likeness (QED) is 0.248. The van der Waals surface area contributed by atoms with Gasteiger partial charge in [-0.1, -0.05) is 24.3 Å². The van der Waals surface area contributed by atoms with Crippen molar-refractivity contribution in [2.45, 2.75) is 23.5 Å². The van der Waals surface area contributed by atoms with Crippen molar-refractivity contribution in [1.29, 1.82) is 0 Å². The van der Waals surface area contributed by atoms with Gasteiger partial charge in [0.2, 0.25) is 0 Å². The second-order valence-corrected chi connectivity index (χ2v) is 8.78. The molecule has 0 atom stereocenters. The molecule has 5 aromatic rings. The van der Waals surface area contributed by atoms with E-state index in [0.29, 0.717) is 12.1 Å². The van der Waals surface area contributed by atoms with Gasteiger partial charge in [0, 0.05) is 52.3 Å². The highest BCUT2D eigenvalue weighted by Crippen LogP contribution is 2.23. The Morgan fingerprint density at radius 3 is 2.75 bits per heavy atom. The first kappa shape index (κ1) is 20.4. The van der Waals surface area contributed by atoms with Gasteiger partial charge in [0.25, 0.3) is 5.91 Å². The number of hydrogen-bond donors (Lipinski definition) is 2. The third kappa shape index (κ3) is 4.55. The fourth-order valence-electron chi connectivity index (χ4n) is 3.84. The SMILES string of the molecule is O=C(NCCCc1c[nH]c2ccccc12)c1ccc(SCc2cn3ccccc3n2)cc1. The summed E-state index contributed by atoms with van der Waals surface area (Å²) in [4.78, 5) is 21.5. The Kier molecular flexibility index (Phi) is 5.94. The molecule has 0 unspecified atom stereocenters. The Morgan fingerprint density at radius 1 is 1.03 bits per heavy atom. The van der Waals surface area contributed by atoms with Gasteiger partial charge in [0.15, 0.2) is 0 Å². The number of nitrogens with one attached hydrogen (secondary N) is 2. The van der Waals surface area contributed by atoms with Crippen molar-refractivity contribution in [3.8, 4) is 0 Å². The molecule has 0 saturated carbocycles. The standard InChI is InChI=1S/C26H24N4OS/c31-26(27-14-5-6-20-16-28-24-8-2-1-7-23(20)24)19-10-12-22(13-11-19)32-18-21-17-30-15-4-3-9-25(30)29-21/h1-4,7-13,15-17,28H,5-6,14,18H2,(H,27,31). The van der Waals surface area contributed by atoms with Crippen LogP contribution in [0.1, 0.15) is 28.0 Å². The first-order valence-corrected chi connectivity index (χ1v) is 11.7. The van der Waals surface area contributed by atoms with Gasteiger partial charge in [0.1, 0.15) is 5.65 Å². The van der Waals surface area contributed by atoms with Crippen LogP contribution in [0.3, 0.4) is 0 Å². The second-order valence-electron chi connectivity index (χ2n) is 7.73. The van der Waals surface area contributed by atoms with E-state index in [9.17, 15) is 4.79 Å². The fourth-order valence-corrected chi connectivity index (χ4v) is 4.62. The predicted molar refractivity (Wildman–Crippen MR) is 130 cm³/mol. The zero-order chi connectivity index (χ0) is 21.8. The van der Waals surface area contributed by atoms with Gasteiger partial charge in [-0.05, 0) is 60.9 Å². The van der Waals surface area contributed by atoms with Gasteiger partial charge < -0.3 is 14.7 Å². The van der Waals surface area contributed by atoms with E-state index in [-0.39, 0.29) is 5.91 Å². The lowest BCUT2D eigenvalue weighted by Crippen LogP contribution is -2.24. The van der Waals surface area contributed by atoms with Crippen LogP contribution < -0.4 is 5.32 Å². The van der Waals surface area contributed by atoms with Crippen molar-refractivity contribution in [1.82, 2.24) is 19.7 Å². The van der Waals surface area contributed by atoms with E-state index in [2.05, 4.69) is 45.9 Å². The minimum absolute atomic E-state index is 0.0270. The Labute approximate surface area is 190 Å². The summed E-state index contributed by atoms with van der Waals surface area (Å²) in [5.41, 5.74) is 5.14. The molecule has 160 valence electrons. The number of para-hydroxylation sites is 1. The number of rotatable bonds is 8. The molecular formula is C26H24N4OS. The topological polar surface area (TPSA) is 62.2 Å². The lowest BCUT2D eigenvalue weighted by molar-refractivity contribution is 0.0953. The monoisotopic (exact) mass is 440 g/mol. The summed E-state index contributed by atoms with van der Waals surface area (Å²) >= 11 is 1.72.